The second-order valence-electron chi connectivity index (χ2n) is 5.35. The number of aliphatic hydroxyl groups excluding tert-OH is 1. The Hall–Kier alpha value is -1.84. The standard InChI is InChI=1S/C17H16O3/c18-17(16-6-3-9-19-16)11-7-8-15-13(10-11)12-4-1-2-5-14(12)20-15/h1-2,4-5,7-8,10,16-18H,3,6,9H2. The van der Waals surface area contributed by atoms with Gasteiger partial charge in [0.15, 0.2) is 0 Å². The van der Waals surface area contributed by atoms with Crippen LogP contribution in [-0.4, -0.2) is 17.8 Å². The molecule has 20 heavy (non-hydrogen) atoms. The fourth-order valence-corrected chi connectivity index (χ4v) is 2.99. The highest BCUT2D eigenvalue weighted by Crippen LogP contribution is 2.33. The van der Waals surface area contributed by atoms with Crippen LogP contribution in [-0.2, 0) is 4.74 Å². The molecule has 0 amide bonds. The molecule has 2 aromatic carbocycles. The van der Waals surface area contributed by atoms with E-state index < -0.39 is 6.10 Å². The Morgan fingerprint density at radius 1 is 1.05 bits per heavy atom. The van der Waals surface area contributed by atoms with Gasteiger partial charge in [0.2, 0.25) is 0 Å². The van der Waals surface area contributed by atoms with E-state index in [1.54, 1.807) is 0 Å². The molecular formula is C17H16O3. The number of aliphatic hydroxyl groups is 1. The van der Waals surface area contributed by atoms with Crippen molar-refractivity contribution in [1.29, 1.82) is 0 Å². The number of fused-ring (bicyclic) bond motifs is 3. The van der Waals surface area contributed by atoms with E-state index in [0.29, 0.717) is 0 Å². The minimum atomic E-state index is -0.560. The molecule has 0 spiro atoms. The first-order valence-corrected chi connectivity index (χ1v) is 7.04. The van der Waals surface area contributed by atoms with Gasteiger partial charge >= 0.3 is 0 Å². The summed E-state index contributed by atoms with van der Waals surface area (Å²) >= 11 is 0. The van der Waals surface area contributed by atoms with Gasteiger partial charge in [0.1, 0.15) is 17.3 Å². The van der Waals surface area contributed by atoms with E-state index in [-0.39, 0.29) is 6.10 Å². The number of para-hydroxylation sites is 1. The lowest BCUT2D eigenvalue weighted by Gasteiger charge is -2.17. The van der Waals surface area contributed by atoms with Gasteiger partial charge in [-0.05, 0) is 36.6 Å². The van der Waals surface area contributed by atoms with Crippen molar-refractivity contribution in [2.75, 3.05) is 6.61 Å². The number of furan rings is 1. The zero-order chi connectivity index (χ0) is 13.5. The van der Waals surface area contributed by atoms with Gasteiger partial charge in [0.05, 0.1) is 6.10 Å². The lowest BCUT2D eigenvalue weighted by Crippen LogP contribution is -2.16. The summed E-state index contributed by atoms with van der Waals surface area (Å²) in [7, 11) is 0. The first kappa shape index (κ1) is 11.9. The lowest BCUT2D eigenvalue weighted by molar-refractivity contribution is -0.00252. The summed E-state index contributed by atoms with van der Waals surface area (Å²) in [6, 6.07) is 13.9. The van der Waals surface area contributed by atoms with E-state index in [1.807, 2.05) is 42.5 Å². The molecule has 1 aliphatic rings. The molecule has 0 bridgehead atoms. The third kappa shape index (κ3) is 1.82. The van der Waals surface area contributed by atoms with Crippen LogP contribution in [0.5, 0.6) is 0 Å². The zero-order valence-electron chi connectivity index (χ0n) is 11.1. The first-order chi connectivity index (χ1) is 9.83. The maximum atomic E-state index is 10.4. The minimum Gasteiger partial charge on any atom is -0.456 e. The van der Waals surface area contributed by atoms with Crippen molar-refractivity contribution < 1.29 is 14.3 Å². The van der Waals surface area contributed by atoms with Gasteiger partial charge in [0.25, 0.3) is 0 Å². The van der Waals surface area contributed by atoms with Crippen LogP contribution >= 0.6 is 0 Å². The number of rotatable bonds is 2. The number of benzene rings is 2. The number of hydrogen-bond donors (Lipinski definition) is 1. The van der Waals surface area contributed by atoms with Crippen molar-refractivity contribution in [2.45, 2.75) is 25.0 Å². The van der Waals surface area contributed by atoms with E-state index in [2.05, 4.69) is 0 Å². The van der Waals surface area contributed by atoms with Gasteiger partial charge in [-0.3, -0.25) is 0 Å². The van der Waals surface area contributed by atoms with Gasteiger partial charge in [0, 0.05) is 17.4 Å². The molecule has 0 saturated carbocycles. The molecule has 3 heteroatoms. The van der Waals surface area contributed by atoms with E-state index in [4.69, 9.17) is 9.15 Å². The third-order valence-electron chi connectivity index (χ3n) is 4.06. The lowest BCUT2D eigenvalue weighted by atomic mass is 10.0. The topological polar surface area (TPSA) is 42.6 Å². The van der Waals surface area contributed by atoms with Crippen LogP contribution in [0.4, 0.5) is 0 Å². The fraction of sp³-hybridized carbons (Fsp3) is 0.294. The summed E-state index contributed by atoms with van der Waals surface area (Å²) in [6.45, 7) is 0.749. The Bertz CT molecular complexity index is 753. The summed E-state index contributed by atoms with van der Waals surface area (Å²) in [5, 5.41) is 12.6. The second kappa shape index (κ2) is 4.62. The summed E-state index contributed by atoms with van der Waals surface area (Å²) in [6.07, 6.45) is 1.31. The molecule has 102 valence electrons. The van der Waals surface area contributed by atoms with Crippen LogP contribution in [0.2, 0.25) is 0 Å². The summed E-state index contributed by atoms with van der Waals surface area (Å²) < 4.78 is 11.4. The van der Waals surface area contributed by atoms with Crippen molar-refractivity contribution >= 4 is 21.9 Å². The van der Waals surface area contributed by atoms with Gasteiger partial charge in [-0.2, -0.15) is 0 Å². The van der Waals surface area contributed by atoms with Crippen LogP contribution in [0.1, 0.15) is 24.5 Å². The van der Waals surface area contributed by atoms with E-state index >= 15 is 0 Å². The average Bonchev–Trinajstić information content (AvgIpc) is 3.13. The molecule has 0 aliphatic carbocycles. The molecule has 1 aliphatic heterocycles. The summed E-state index contributed by atoms with van der Waals surface area (Å²) in [5.74, 6) is 0. The number of ether oxygens (including phenoxy) is 1. The van der Waals surface area contributed by atoms with Crippen molar-refractivity contribution in [3.05, 3.63) is 48.0 Å². The Kier molecular flexibility index (Phi) is 2.76. The molecule has 1 fully saturated rings. The number of hydrogen-bond acceptors (Lipinski definition) is 3. The van der Waals surface area contributed by atoms with Crippen molar-refractivity contribution in [1.82, 2.24) is 0 Å². The van der Waals surface area contributed by atoms with Gasteiger partial charge in [-0.25, -0.2) is 0 Å². The van der Waals surface area contributed by atoms with Crippen LogP contribution in [0, 0.1) is 0 Å². The minimum absolute atomic E-state index is 0.0781. The van der Waals surface area contributed by atoms with Crippen LogP contribution in [0.3, 0.4) is 0 Å². The van der Waals surface area contributed by atoms with Crippen LogP contribution in [0.15, 0.2) is 46.9 Å². The van der Waals surface area contributed by atoms with Crippen LogP contribution in [0.25, 0.3) is 21.9 Å². The highest BCUT2D eigenvalue weighted by Gasteiger charge is 2.25. The smallest absolute Gasteiger partial charge is 0.135 e. The van der Waals surface area contributed by atoms with Gasteiger partial charge < -0.3 is 14.3 Å². The second-order valence-corrected chi connectivity index (χ2v) is 5.35. The van der Waals surface area contributed by atoms with Gasteiger partial charge in [-0.1, -0.05) is 24.3 Å². The maximum Gasteiger partial charge on any atom is 0.135 e. The molecule has 3 aromatic rings. The zero-order valence-corrected chi connectivity index (χ0v) is 11.1. The summed E-state index contributed by atoms with van der Waals surface area (Å²) in [4.78, 5) is 0. The maximum absolute atomic E-state index is 10.4. The molecule has 3 nitrogen and oxygen atoms in total. The Morgan fingerprint density at radius 2 is 1.90 bits per heavy atom. The normalized spacial score (nSPS) is 20.8. The quantitative estimate of drug-likeness (QED) is 0.768. The van der Waals surface area contributed by atoms with Crippen LogP contribution < -0.4 is 0 Å². The molecule has 2 unspecified atom stereocenters. The highest BCUT2D eigenvalue weighted by atomic mass is 16.5. The molecular weight excluding hydrogens is 252 g/mol. The molecule has 0 radical (unpaired) electrons. The largest absolute Gasteiger partial charge is 0.456 e. The predicted octanol–water partition coefficient (Wildman–Crippen LogP) is 3.80. The van der Waals surface area contributed by atoms with Crippen molar-refractivity contribution in [3.8, 4) is 0 Å². The van der Waals surface area contributed by atoms with Crippen molar-refractivity contribution in [3.63, 3.8) is 0 Å². The molecule has 1 N–H and O–H groups in total. The molecule has 2 atom stereocenters. The Morgan fingerprint density at radius 3 is 2.75 bits per heavy atom. The first-order valence-electron chi connectivity index (χ1n) is 7.04. The van der Waals surface area contributed by atoms with E-state index in [9.17, 15) is 5.11 Å². The predicted molar refractivity (Wildman–Crippen MR) is 77.7 cm³/mol. The third-order valence-corrected chi connectivity index (χ3v) is 4.06. The molecule has 4 rings (SSSR count). The molecule has 2 heterocycles. The van der Waals surface area contributed by atoms with E-state index in [0.717, 1.165) is 47.0 Å². The van der Waals surface area contributed by atoms with Crippen molar-refractivity contribution in [2.24, 2.45) is 0 Å². The monoisotopic (exact) mass is 268 g/mol. The van der Waals surface area contributed by atoms with E-state index in [1.165, 1.54) is 0 Å². The SMILES string of the molecule is OC(c1ccc2oc3ccccc3c2c1)C1CCCO1. The van der Waals surface area contributed by atoms with Gasteiger partial charge in [-0.15, -0.1) is 0 Å². The highest BCUT2D eigenvalue weighted by molar-refractivity contribution is 6.04. The molecule has 1 aromatic heterocycles. The Balaban J connectivity index is 1.82. The Labute approximate surface area is 116 Å². The fourth-order valence-electron chi connectivity index (χ4n) is 2.99. The summed E-state index contributed by atoms with van der Waals surface area (Å²) in [5.41, 5.74) is 2.64. The molecule has 1 saturated heterocycles. The average molecular weight is 268 g/mol.